The van der Waals surface area contributed by atoms with E-state index in [0.29, 0.717) is 37.4 Å². The lowest BCUT2D eigenvalue weighted by molar-refractivity contribution is -0.134. The molecular weight excluding hydrogens is 384 g/mol. The zero-order valence-electron chi connectivity index (χ0n) is 16.8. The van der Waals surface area contributed by atoms with Crippen LogP contribution in [0.15, 0.2) is 48.5 Å². The molecule has 0 aromatic heterocycles. The topological polar surface area (TPSA) is 91.0 Å². The maximum atomic E-state index is 12.8. The van der Waals surface area contributed by atoms with Gasteiger partial charge in [0.1, 0.15) is 11.8 Å². The van der Waals surface area contributed by atoms with E-state index in [1.807, 2.05) is 24.3 Å². The van der Waals surface area contributed by atoms with E-state index in [0.717, 1.165) is 11.4 Å². The summed E-state index contributed by atoms with van der Waals surface area (Å²) < 4.78 is 5.19. The minimum absolute atomic E-state index is 0.0614. The first-order chi connectivity index (χ1) is 14.5. The Kier molecular flexibility index (Phi) is 5.56. The highest BCUT2D eigenvalue weighted by molar-refractivity contribution is 6.10. The first-order valence-corrected chi connectivity index (χ1v) is 9.92. The van der Waals surface area contributed by atoms with E-state index in [9.17, 15) is 14.4 Å². The average molecular weight is 408 g/mol. The SMILES string of the molecule is COc1ccc(N2CCN(C(=O)C[C@H]3NC(=O)c4ccccc4NC3=O)CC2)cc1. The first-order valence-electron chi connectivity index (χ1n) is 9.92. The predicted molar refractivity (Wildman–Crippen MR) is 113 cm³/mol. The highest BCUT2D eigenvalue weighted by Gasteiger charge is 2.31. The lowest BCUT2D eigenvalue weighted by Crippen LogP contribution is -2.51. The van der Waals surface area contributed by atoms with Crippen LogP contribution in [-0.4, -0.2) is 62.0 Å². The molecule has 4 rings (SSSR count). The molecule has 8 heteroatoms. The van der Waals surface area contributed by atoms with Gasteiger partial charge >= 0.3 is 0 Å². The quantitative estimate of drug-likeness (QED) is 0.800. The molecule has 2 aromatic rings. The van der Waals surface area contributed by atoms with Crippen molar-refractivity contribution in [1.29, 1.82) is 0 Å². The largest absolute Gasteiger partial charge is 0.497 e. The van der Waals surface area contributed by atoms with Gasteiger partial charge in [-0.05, 0) is 36.4 Å². The lowest BCUT2D eigenvalue weighted by Gasteiger charge is -2.36. The van der Waals surface area contributed by atoms with Gasteiger partial charge < -0.3 is 25.2 Å². The van der Waals surface area contributed by atoms with Gasteiger partial charge in [-0.15, -0.1) is 0 Å². The number of ether oxygens (including phenoxy) is 1. The van der Waals surface area contributed by atoms with Gasteiger partial charge in [0.2, 0.25) is 11.8 Å². The highest BCUT2D eigenvalue weighted by atomic mass is 16.5. The minimum atomic E-state index is -0.892. The van der Waals surface area contributed by atoms with E-state index in [4.69, 9.17) is 4.74 Å². The number of para-hydroxylation sites is 1. The summed E-state index contributed by atoms with van der Waals surface area (Å²) in [5.74, 6) is -0.0705. The zero-order valence-corrected chi connectivity index (χ0v) is 16.8. The van der Waals surface area contributed by atoms with Crippen LogP contribution in [0.2, 0.25) is 0 Å². The number of amides is 3. The van der Waals surface area contributed by atoms with Gasteiger partial charge in [0.15, 0.2) is 0 Å². The molecule has 2 aliphatic heterocycles. The van der Waals surface area contributed by atoms with Crippen LogP contribution in [0, 0.1) is 0 Å². The Bertz CT molecular complexity index is 952. The van der Waals surface area contributed by atoms with E-state index in [1.165, 1.54) is 0 Å². The predicted octanol–water partition coefficient (Wildman–Crippen LogP) is 1.48. The molecule has 156 valence electrons. The molecule has 2 aromatic carbocycles. The average Bonchev–Trinajstić information content (AvgIpc) is 2.90. The Balaban J connectivity index is 1.34. The van der Waals surface area contributed by atoms with Gasteiger partial charge in [-0.2, -0.15) is 0 Å². The lowest BCUT2D eigenvalue weighted by atomic mass is 10.1. The van der Waals surface area contributed by atoms with Crippen molar-refractivity contribution in [3.8, 4) is 5.75 Å². The van der Waals surface area contributed by atoms with E-state index in [-0.39, 0.29) is 24.1 Å². The molecule has 1 saturated heterocycles. The maximum Gasteiger partial charge on any atom is 0.254 e. The number of piperazine rings is 1. The van der Waals surface area contributed by atoms with Crippen molar-refractivity contribution in [2.24, 2.45) is 0 Å². The Morgan fingerprint density at radius 1 is 1.03 bits per heavy atom. The van der Waals surface area contributed by atoms with Gasteiger partial charge in [0.25, 0.3) is 5.91 Å². The molecule has 0 radical (unpaired) electrons. The summed E-state index contributed by atoms with van der Waals surface area (Å²) in [7, 11) is 1.63. The second-order valence-corrected chi connectivity index (χ2v) is 7.33. The van der Waals surface area contributed by atoms with Gasteiger partial charge in [-0.25, -0.2) is 0 Å². The van der Waals surface area contributed by atoms with Crippen LogP contribution in [0.3, 0.4) is 0 Å². The second kappa shape index (κ2) is 8.44. The molecule has 2 N–H and O–H groups in total. The molecule has 30 heavy (non-hydrogen) atoms. The third-order valence-corrected chi connectivity index (χ3v) is 5.50. The van der Waals surface area contributed by atoms with Crippen molar-refractivity contribution in [2.75, 3.05) is 43.5 Å². The number of carbonyl (C=O) groups is 3. The van der Waals surface area contributed by atoms with Gasteiger partial charge in [0.05, 0.1) is 24.8 Å². The van der Waals surface area contributed by atoms with Crippen molar-refractivity contribution in [2.45, 2.75) is 12.5 Å². The number of benzene rings is 2. The maximum absolute atomic E-state index is 12.8. The highest BCUT2D eigenvalue weighted by Crippen LogP contribution is 2.22. The Labute approximate surface area is 174 Å². The number of rotatable bonds is 4. The van der Waals surface area contributed by atoms with Crippen LogP contribution < -0.4 is 20.3 Å². The fourth-order valence-electron chi connectivity index (χ4n) is 3.77. The molecule has 0 saturated carbocycles. The number of carbonyl (C=O) groups excluding carboxylic acids is 3. The smallest absolute Gasteiger partial charge is 0.254 e. The molecule has 0 unspecified atom stereocenters. The number of hydrogen-bond acceptors (Lipinski definition) is 5. The third kappa shape index (κ3) is 4.07. The van der Waals surface area contributed by atoms with Crippen LogP contribution in [0.4, 0.5) is 11.4 Å². The molecule has 2 heterocycles. The molecule has 0 bridgehead atoms. The van der Waals surface area contributed by atoms with Gasteiger partial charge in [0, 0.05) is 31.9 Å². The number of nitrogens with one attached hydrogen (secondary N) is 2. The number of fused-ring (bicyclic) bond motifs is 1. The fraction of sp³-hybridized carbons (Fsp3) is 0.318. The van der Waals surface area contributed by atoms with E-state index < -0.39 is 6.04 Å². The van der Waals surface area contributed by atoms with Crippen LogP contribution in [0.5, 0.6) is 5.75 Å². The Morgan fingerprint density at radius 3 is 2.43 bits per heavy atom. The standard InChI is InChI=1S/C22H24N4O4/c1-30-16-8-6-15(7-9-16)25-10-12-26(13-11-25)20(27)14-19-22(29)23-18-5-3-2-4-17(18)21(28)24-19/h2-9,19H,10-14H2,1H3,(H,23,29)(H,24,28)/t19-/m1/s1. The fourth-order valence-corrected chi connectivity index (χ4v) is 3.77. The van der Waals surface area contributed by atoms with Crippen molar-refractivity contribution >= 4 is 29.1 Å². The van der Waals surface area contributed by atoms with Crippen molar-refractivity contribution < 1.29 is 19.1 Å². The molecular formula is C22H24N4O4. The normalized spacial score (nSPS) is 18.8. The van der Waals surface area contributed by atoms with E-state index in [1.54, 1.807) is 36.3 Å². The van der Waals surface area contributed by atoms with Crippen molar-refractivity contribution in [3.63, 3.8) is 0 Å². The van der Waals surface area contributed by atoms with Crippen LogP contribution in [0.25, 0.3) is 0 Å². The molecule has 8 nitrogen and oxygen atoms in total. The van der Waals surface area contributed by atoms with Crippen LogP contribution in [0.1, 0.15) is 16.8 Å². The number of anilines is 2. The summed E-state index contributed by atoms with van der Waals surface area (Å²) in [4.78, 5) is 41.7. The van der Waals surface area contributed by atoms with Crippen molar-refractivity contribution in [1.82, 2.24) is 10.2 Å². The summed E-state index contributed by atoms with van der Waals surface area (Å²) in [5, 5.41) is 5.42. The third-order valence-electron chi connectivity index (χ3n) is 5.50. The summed E-state index contributed by atoms with van der Waals surface area (Å²) in [6, 6.07) is 13.7. The Hall–Kier alpha value is -3.55. The summed E-state index contributed by atoms with van der Waals surface area (Å²) in [5.41, 5.74) is 1.94. The Morgan fingerprint density at radius 2 is 1.73 bits per heavy atom. The van der Waals surface area contributed by atoms with E-state index >= 15 is 0 Å². The molecule has 0 spiro atoms. The molecule has 3 amide bonds. The summed E-state index contributed by atoms with van der Waals surface area (Å²) >= 11 is 0. The zero-order chi connectivity index (χ0) is 21.1. The van der Waals surface area contributed by atoms with Gasteiger partial charge in [-0.3, -0.25) is 14.4 Å². The van der Waals surface area contributed by atoms with E-state index in [2.05, 4.69) is 15.5 Å². The molecule has 1 fully saturated rings. The molecule has 1 atom stereocenters. The summed E-state index contributed by atoms with van der Waals surface area (Å²) in [6.45, 7) is 2.53. The van der Waals surface area contributed by atoms with Crippen LogP contribution in [-0.2, 0) is 9.59 Å². The molecule has 2 aliphatic rings. The monoisotopic (exact) mass is 408 g/mol. The number of methoxy groups -OCH3 is 1. The number of hydrogen-bond donors (Lipinski definition) is 2. The summed E-state index contributed by atoms with van der Waals surface area (Å²) in [6.07, 6.45) is -0.0614. The van der Waals surface area contributed by atoms with Gasteiger partial charge in [-0.1, -0.05) is 12.1 Å². The number of nitrogens with zero attached hydrogens (tertiary/aromatic N) is 2. The minimum Gasteiger partial charge on any atom is -0.497 e. The molecule has 0 aliphatic carbocycles. The first kappa shape index (κ1) is 19.8. The second-order valence-electron chi connectivity index (χ2n) is 7.33. The van der Waals surface area contributed by atoms with Crippen LogP contribution >= 0.6 is 0 Å². The van der Waals surface area contributed by atoms with Crippen molar-refractivity contribution in [3.05, 3.63) is 54.1 Å².